The van der Waals surface area contributed by atoms with Gasteiger partial charge in [-0.15, -0.1) is 0 Å². The van der Waals surface area contributed by atoms with Gasteiger partial charge in [0.15, 0.2) is 5.94 Å². The Labute approximate surface area is 74.9 Å². The summed E-state index contributed by atoms with van der Waals surface area (Å²) in [7, 11) is 0. The molecule has 0 unspecified atom stereocenters. The molecule has 3 nitrogen and oxygen atoms in total. The molecule has 1 aliphatic rings. The van der Waals surface area contributed by atoms with Crippen LogP contribution in [0.15, 0.2) is 30.0 Å². The molecule has 3 N–H and O–H groups in total. The molecular weight excluding hydrogens is 164 g/mol. The summed E-state index contributed by atoms with van der Waals surface area (Å²) in [4.78, 5) is 10.4. The summed E-state index contributed by atoms with van der Waals surface area (Å²) in [6, 6.07) is 7.60. The van der Waals surface area contributed by atoms with Crippen LogP contribution in [-0.2, 0) is 4.79 Å². The van der Waals surface area contributed by atoms with E-state index in [1.54, 1.807) is 12.0 Å². The fraction of sp³-hybridized carbons (Fsp3) is 0. The van der Waals surface area contributed by atoms with Gasteiger partial charge in [-0.25, -0.2) is 4.79 Å². The predicted octanol–water partition coefficient (Wildman–Crippen LogP) is -1.19. The number of fused-ring (bicyclic) bond motifs is 1. The van der Waals surface area contributed by atoms with Crippen LogP contribution in [0.1, 0.15) is 0 Å². The molecule has 0 bridgehead atoms. The molecule has 1 aromatic carbocycles. The average molecular weight is 172 g/mol. The van der Waals surface area contributed by atoms with Crippen molar-refractivity contribution >= 4 is 17.8 Å². The molecular formula is C10H8N2O. The molecule has 13 heavy (non-hydrogen) atoms. The molecule has 0 radical (unpaired) electrons. The van der Waals surface area contributed by atoms with Gasteiger partial charge in [-0.05, 0) is 11.3 Å². The van der Waals surface area contributed by atoms with Gasteiger partial charge in [0.25, 0.3) is 0 Å². The fourth-order valence-electron chi connectivity index (χ4n) is 1.33. The Hall–Kier alpha value is -1.99. The van der Waals surface area contributed by atoms with Crippen molar-refractivity contribution in [3.63, 3.8) is 0 Å². The number of hydrogen-bond acceptors (Lipinski definition) is 3. The summed E-state index contributed by atoms with van der Waals surface area (Å²) in [5.41, 5.74) is 6.07. The maximum absolute atomic E-state index is 10.4. The molecule has 2 rings (SSSR count). The minimum absolute atomic E-state index is 0.371. The maximum Gasteiger partial charge on any atom is 0.150 e. The van der Waals surface area contributed by atoms with E-state index >= 15 is 0 Å². The van der Waals surface area contributed by atoms with E-state index in [0.29, 0.717) is 11.5 Å². The van der Waals surface area contributed by atoms with E-state index in [4.69, 9.17) is 5.73 Å². The first kappa shape index (κ1) is 7.65. The summed E-state index contributed by atoms with van der Waals surface area (Å²) < 4.78 is 0. The highest BCUT2D eigenvalue weighted by Crippen LogP contribution is 1.91. The molecule has 64 valence electrons. The minimum Gasteiger partial charge on any atom is -0.385 e. The molecule has 0 atom stereocenters. The van der Waals surface area contributed by atoms with Crippen LogP contribution >= 0.6 is 0 Å². The van der Waals surface area contributed by atoms with Gasteiger partial charge in [-0.2, -0.15) is 0 Å². The molecule has 1 aliphatic heterocycles. The summed E-state index contributed by atoms with van der Waals surface area (Å²) in [6.45, 7) is 0. The topological polar surface area (TPSA) is 55.1 Å². The Kier molecular flexibility index (Phi) is 1.65. The van der Waals surface area contributed by atoms with Crippen LogP contribution in [0.5, 0.6) is 0 Å². The molecule has 1 aromatic rings. The lowest BCUT2D eigenvalue weighted by molar-refractivity contribution is 0.567. The van der Waals surface area contributed by atoms with Crippen molar-refractivity contribution in [3.8, 4) is 0 Å². The lowest BCUT2D eigenvalue weighted by Gasteiger charge is -2.08. The lowest BCUT2D eigenvalue weighted by atomic mass is 10.1. The molecule has 0 aromatic heterocycles. The van der Waals surface area contributed by atoms with Crippen molar-refractivity contribution in [1.82, 2.24) is 5.32 Å². The van der Waals surface area contributed by atoms with Gasteiger partial charge < -0.3 is 11.1 Å². The number of allylic oxidation sites excluding steroid dienone is 1. The standard InChI is InChI=1S/C10H8N2O/c11-10-9-4-2-1-3-7(9)5-8(6-13)12-10/h1-5,12H,11H2. The van der Waals surface area contributed by atoms with Gasteiger partial charge >= 0.3 is 0 Å². The Bertz CT molecular complexity index is 510. The van der Waals surface area contributed by atoms with Crippen LogP contribution in [0.3, 0.4) is 0 Å². The van der Waals surface area contributed by atoms with Crippen LogP contribution in [0.4, 0.5) is 0 Å². The van der Waals surface area contributed by atoms with E-state index < -0.39 is 0 Å². The number of hydrogen-bond donors (Lipinski definition) is 2. The zero-order valence-corrected chi connectivity index (χ0v) is 6.87. The van der Waals surface area contributed by atoms with Crippen LogP contribution in [0.25, 0.3) is 11.9 Å². The van der Waals surface area contributed by atoms with Crippen molar-refractivity contribution in [3.05, 3.63) is 40.4 Å². The Morgan fingerprint density at radius 1 is 1.31 bits per heavy atom. The van der Waals surface area contributed by atoms with E-state index in [1.807, 2.05) is 24.3 Å². The Balaban J connectivity index is 2.88. The Morgan fingerprint density at radius 2 is 2.08 bits per heavy atom. The molecule has 0 saturated heterocycles. The maximum atomic E-state index is 10.4. The summed E-state index contributed by atoms with van der Waals surface area (Å²) in [5, 5.41) is 4.61. The number of rotatable bonds is 0. The predicted molar refractivity (Wildman–Crippen MR) is 50.1 cm³/mol. The van der Waals surface area contributed by atoms with E-state index in [0.717, 1.165) is 10.4 Å². The zero-order valence-electron chi connectivity index (χ0n) is 6.87. The van der Waals surface area contributed by atoms with Crippen molar-refractivity contribution < 1.29 is 4.79 Å². The smallest absolute Gasteiger partial charge is 0.150 e. The number of nitrogens with one attached hydrogen (secondary N) is 1. The normalized spacial score (nSPS) is 13.8. The van der Waals surface area contributed by atoms with Crippen LogP contribution < -0.4 is 21.5 Å². The fourth-order valence-corrected chi connectivity index (χ4v) is 1.33. The molecule has 0 saturated carbocycles. The number of benzene rings is 1. The first-order valence-electron chi connectivity index (χ1n) is 3.90. The van der Waals surface area contributed by atoms with E-state index in [2.05, 4.69) is 5.32 Å². The Morgan fingerprint density at radius 3 is 2.85 bits per heavy atom. The average Bonchev–Trinajstić information content (AvgIpc) is 2.18. The van der Waals surface area contributed by atoms with Crippen LogP contribution in [-0.4, -0.2) is 5.94 Å². The van der Waals surface area contributed by atoms with Gasteiger partial charge in [0, 0.05) is 5.22 Å². The first-order chi connectivity index (χ1) is 6.31. The van der Waals surface area contributed by atoms with E-state index in [9.17, 15) is 4.79 Å². The van der Waals surface area contributed by atoms with Crippen molar-refractivity contribution in [2.45, 2.75) is 0 Å². The highest BCUT2D eigenvalue weighted by atomic mass is 16.1. The SMILES string of the molecule is NC1=c2ccccc2=CC(=C=O)N1. The summed E-state index contributed by atoms with van der Waals surface area (Å²) in [6.07, 6.45) is 1.72. The van der Waals surface area contributed by atoms with Crippen LogP contribution in [0, 0.1) is 0 Å². The molecule has 0 amide bonds. The monoisotopic (exact) mass is 172 g/mol. The second-order valence-corrected chi connectivity index (χ2v) is 2.79. The highest BCUT2D eigenvalue weighted by molar-refractivity contribution is 5.72. The van der Waals surface area contributed by atoms with Gasteiger partial charge in [-0.1, -0.05) is 24.3 Å². The molecule has 0 spiro atoms. The van der Waals surface area contributed by atoms with Gasteiger partial charge in [0.05, 0.1) is 0 Å². The summed E-state index contributed by atoms with van der Waals surface area (Å²) >= 11 is 0. The molecule has 1 heterocycles. The quantitative estimate of drug-likeness (QED) is 0.484. The van der Waals surface area contributed by atoms with Crippen molar-refractivity contribution in [2.75, 3.05) is 0 Å². The molecule has 3 heteroatoms. The van der Waals surface area contributed by atoms with E-state index in [1.165, 1.54) is 0 Å². The zero-order chi connectivity index (χ0) is 9.26. The lowest BCUT2D eigenvalue weighted by Crippen LogP contribution is -2.39. The number of carbonyl (C=O) groups excluding carboxylic acids is 1. The highest BCUT2D eigenvalue weighted by Gasteiger charge is 2.02. The molecule has 0 aliphatic carbocycles. The van der Waals surface area contributed by atoms with E-state index in [-0.39, 0.29) is 0 Å². The third-order valence-electron chi connectivity index (χ3n) is 1.93. The first-order valence-corrected chi connectivity index (χ1v) is 3.90. The van der Waals surface area contributed by atoms with Crippen molar-refractivity contribution in [2.24, 2.45) is 5.73 Å². The third-order valence-corrected chi connectivity index (χ3v) is 1.93. The van der Waals surface area contributed by atoms with Gasteiger partial charge in [0.1, 0.15) is 11.5 Å². The minimum atomic E-state index is 0.371. The van der Waals surface area contributed by atoms with Crippen LogP contribution in [0.2, 0.25) is 0 Å². The third kappa shape index (κ3) is 1.21. The number of nitrogens with two attached hydrogens (primary N) is 1. The second kappa shape index (κ2) is 2.81. The largest absolute Gasteiger partial charge is 0.385 e. The van der Waals surface area contributed by atoms with Gasteiger partial charge in [0.2, 0.25) is 0 Å². The van der Waals surface area contributed by atoms with Gasteiger partial charge in [-0.3, -0.25) is 0 Å². The van der Waals surface area contributed by atoms with Crippen molar-refractivity contribution in [1.29, 1.82) is 0 Å². The molecule has 0 fully saturated rings. The summed E-state index contributed by atoms with van der Waals surface area (Å²) in [5.74, 6) is 2.27. The second-order valence-electron chi connectivity index (χ2n) is 2.79.